The number of hydrogen-bond acceptors (Lipinski definition) is 7. The second-order valence-electron chi connectivity index (χ2n) is 19.2. The minimum absolute atomic E-state index is 0.00984. The van der Waals surface area contributed by atoms with Gasteiger partial charge in [0.15, 0.2) is 0 Å². The van der Waals surface area contributed by atoms with Gasteiger partial charge in [-0.25, -0.2) is 0 Å². The lowest BCUT2D eigenvalue weighted by Crippen LogP contribution is -2.65. The van der Waals surface area contributed by atoms with Crippen molar-refractivity contribution in [1.82, 2.24) is 0 Å². The Morgan fingerprint density at radius 1 is 0.920 bits per heavy atom. The van der Waals surface area contributed by atoms with Crippen molar-refractivity contribution in [2.24, 2.45) is 58.7 Å². The minimum Gasteiger partial charge on any atom is -0.392 e. The van der Waals surface area contributed by atoms with Crippen LogP contribution in [0.25, 0.3) is 0 Å². The molecule has 7 heteroatoms. The van der Waals surface area contributed by atoms with Gasteiger partial charge in [-0.05, 0) is 155 Å². The largest absolute Gasteiger partial charge is 0.392 e. The van der Waals surface area contributed by atoms with Gasteiger partial charge in [0.2, 0.25) is 5.12 Å². The Morgan fingerprint density at radius 3 is 2.40 bits per heavy atom. The molecule has 0 aromatic rings. The number of aliphatic hydroxyl groups excluding tert-OH is 1. The van der Waals surface area contributed by atoms with Gasteiger partial charge < -0.3 is 24.8 Å². The van der Waals surface area contributed by atoms with Crippen molar-refractivity contribution in [2.45, 2.75) is 179 Å². The van der Waals surface area contributed by atoms with Crippen molar-refractivity contribution in [3.63, 3.8) is 0 Å². The molecule has 0 aromatic carbocycles. The van der Waals surface area contributed by atoms with Crippen molar-refractivity contribution in [2.75, 3.05) is 12.4 Å². The van der Waals surface area contributed by atoms with E-state index in [1.165, 1.54) is 43.9 Å². The monoisotopic (exact) mass is 714 g/mol. The van der Waals surface area contributed by atoms with Crippen LogP contribution >= 0.6 is 11.8 Å². The summed E-state index contributed by atoms with van der Waals surface area (Å²) in [6.45, 7) is 12.5. The molecule has 6 nitrogen and oxygen atoms in total. The first-order chi connectivity index (χ1) is 23.9. The van der Waals surface area contributed by atoms with Crippen LogP contribution in [0.5, 0.6) is 0 Å². The molecular formula is C43H70O6S. The number of carbonyl (C=O) groups excluding carboxylic acids is 1. The van der Waals surface area contributed by atoms with E-state index in [1.54, 1.807) is 6.08 Å². The standard InChI is InChI=1S/C43H70O6S/c1-6-26(2)8-7-19-48-37-14-11-33(21-28(37)4)49-38-13-9-29(20-27(38)3)30-15-18-42(46)32(22-30)10-12-35-34(42)16-17-41(5)40(31-23-39(45)50-25-31)36(44)24-43(35,41)47/h23,26-30,32-38,40,44,46-47H,6-22,24-25H2,1-5H3/t26-,27-,28-,29?,30?,32?,33?,34?,35?,36+,37?,38?,40-,41+,42+,43-/m0/s1. The van der Waals surface area contributed by atoms with Gasteiger partial charge in [0, 0.05) is 30.1 Å². The van der Waals surface area contributed by atoms with E-state index in [1.807, 2.05) is 0 Å². The molecule has 0 aromatic heterocycles. The number of fused-ring (bicyclic) bond motifs is 5. The van der Waals surface area contributed by atoms with Gasteiger partial charge >= 0.3 is 0 Å². The molecule has 0 radical (unpaired) electrons. The predicted octanol–water partition coefficient (Wildman–Crippen LogP) is 8.49. The molecular weight excluding hydrogens is 645 g/mol. The Bertz CT molecular complexity index is 1240. The van der Waals surface area contributed by atoms with E-state index in [4.69, 9.17) is 9.47 Å². The van der Waals surface area contributed by atoms with Crippen LogP contribution in [0, 0.1) is 58.7 Å². The quantitative estimate of drug-likeness (QED) is 0.195. The summed E-state index contributed by atoms with van der Waals surface area (Å²) in [4.78, 5) is 12.1. The molecule has 1 aliphatic heterocycles. The van der Waals surface area contributed by atoms with Crippen LogP contribution in [-0.2, 0) is 14.3 Å². The molecule has 6 fully saturated rings. The third-order valence-electron chi connectivity index (χ3n) is 16.5. The molecule has 8 unspecified atom stereocenters. The Hall–Kier alpha value is -0.440. The molecule has 3 N–H and O–H groups in total. The zero-order valence-electron chi connectivity index (χ0n) is 32.0. The maximum Gasteiger partial charge on any atom is 0.212 e. The average Bonchev–Trinajstić information content (AvgIpc) is 3.59. The Kier molecular flexibility index (Phi) is 11.4. The normalized spacial score (nSPS) is 49.9. The third-order valence-corrected chi connectivity index (χ3v) is 17.4. The van der Waals surface area contributed by atoms with E-state index in [0.29, 0.717) is 54.2 Å². The molecule has 7 aliphatic rings. The third kappa shape index (κ3) is 6.86. The lowest BCUT2D eigenvalue weighted by molar-refractivity contribution is -0.236. The first kappa shape index (κ1) is 37.9. The fourth-order valence-corrected chi connectivity index (χ4v) is 14.2. The van der Waals surface area contributed by atoms with Gasteiger partial charge in [0.1, 0.15) is 0 Å². The lowest BCUT2D eigenvalue weighted by Gasteiger charge is -2.63. The summed E-state index contributed by atoms with van der Waals surface area (Å²) in [5.74, 6) is 4.21. The number of thioether (sulfide) groups is 1. The van der Waals surface area contributed by atoms with Crippen LogP contribution in [0.15, 0.2) is 11.6 Å². The molecule has 0 spiro atoms. The zero-order chi connectivity index (χ0) is 35.4. The van der Waals surface area contributed by atoms with E-state index >= 15 is 0 Å². The number of rotatable bonds is 10. The van der Waals surface area contributed by atoms with E-state index in [9.17, 15) is 20.1 Å². The number of hydrogen-bond donors (Lipinski definition) is 3. The van der Waals surface area contributed by atoms with Gasteiger partial charge in [-0.3, -0.25) is 4.79 Å². The SMILES string of the molecule is CC[C@H](C)CCCOC1CCC(OC2CCC(C3CC[C@@]4(O)C(CCC5C4CC[C@]4(C)[C@@H](C6=CC(=O)SC6)[C@H](O)C[C@]54O)C3)C[C@@H]2C)C[C@@H]1C. The zero-order valence-corrected chi connectivity index (χ0v) is 32.8. The summed E-state index contributed by atoms with van der Waals surface area (Å²) in [7, 11) is 0. The second-order valence-corrected chi connectivity index (χ2v) is 20.2. The number of ether oxygens (including phenoxy) is 2. The molecule has 0 amide bonds. The number of aliphatic hydroxyl groups is 3. The van der Waals surface area contributed by atoms with Crippen LogP contribution in [0.4, 0.5) is 0 Å². The van der Waals surface area contributed by atoms with Crippen LogP contribution in [0.1, 0.15) is 144 Å². The van der Waals surface area contributed by atoms with Crippen molar-refractivity contribution in [3.05, 3.63) is 11.6 Å². The van der Waals surface area contributed by atoms with E-state index in [0.717, 1.165) is 94.6 Å². The van der Waals surface area contributed by atoms with Crippen LogP contribution in [-0.4, -0.2) is 68.4 Å². The molecule has 6 saturated carbocycles. The molecule has 50 heavy (non-hydrogen) atoms. The first-order valence-electron chi connectivity index (χ1n) is 21.1. The van der Waals surface area contributed by atoms with E-state index in [2.05, 4.69) is 34.6 Å². The van der Waals surface area contributed by atoms with Crippen LogP contribution in [0.3, 0.4) is 0 Å². The van der Waals surface area contributed by atoms with E-state index in [-0.39, 0.29) is 22.9 Å². The molecule has 1 heterocycles. The highest BCUT2D eigenvalue weighted by molar-refractivity contribution is 8.14. The van der Waals surface area contributed by atoms with E-state index < -0.39 is 22.7 Å². The molecule has 284 valence electrons. The number of carbonyl (C=O) groups is 1. The molecule has 0 saturated heterocycles. The van der Waals surface area contributed by atoms with Crippen LogP contribution in [0.2, 0.25) is 0 Å². The molecule has 0 bridgehead atoms. The Labute approximate surface area is 307 Å². The fourth-order valence-electron chi connectivity index (χ4n) is 13.4. The highest BCUT2D eigenvalue weighted by atomic mass is 32.2. The Morgan fingerprint density at radius 2 is 1.68 bits per heavy atom. The van der Waals surface area contributed by atoms with Gasteiger partial charge in [-0.1, -0.05) is 52.8 Å². The van der Waals surface area contributed by atoms with Gasteiger partial charge in [-0.15, -0.1) is 0 Å². The van der Waals surface area contributed by atoms with Crippen molar-refractivity contribution in [3.8, 4) is 0 Å². The molecule has 7 rings (SSSR count). The maximum atomic E-state index is 12.6. The molecule has 16 atom stereocenters. The smallest absolute Gasteiger partial charge is 0.212 e. The van der Waals surface area contributed by atoms with Crippen molar-refractivity contribution >= 4 is 16.9 Å². The highest BCUT2D eigenvalue weighted by Gasteiger charge is 2.70. The van der Waals surface area contributed by atoms with Gasteiger partial charge in [-0.2, -0.15) is 0 Å². The summed E-state index contributed by atoms with van der Waals surface area (Å²) in [5.41, 5.74) is -1.15. The van der Waals surface area contributed by atoms with Gasteiger partial charge in [0.25, 0.3) is 0 Å². The van der Waals surface area contributed by atoms with Crippen LogP contribution < -0.4 is 0 Å². The van der Waals surface area contributed by atoms with Crippen molar-refractivity contribution < 1.29 is 29.6 Å². The Balaban J connectivity index is 0.904. The van der Waals surface area contributed by atoms with Crippen molar-refractivity contribution in [1.29, 1.82) is 0 Å². The second kappa shape index (κ2) is 15.0. The summed E-state index contributed by atoms with van der Waals surface area (Å²) < 4.78 is 13.2. The van der Waals surface area contributed by atoms with Gasteiger partial charge in [0.05, 0.1) is 35.6 Å². The summed E-state index contributed by atoms with van der Waals surface area (Å²) in [6.07, 6.45) is 20.0. The topological polar surface area (TPSA) is 96.2 Å². The predicted molar refractivity (Wildman–Crippen MR) is 201 cm³/mol. The average molecular weight is 715 g/mol. The minimum atomic E-state index is -1.00. The summed E-state index contributed by atoms with van der Waals surface area (Å²) >= 11 is 1.32. The fraction of sp³-hybridized carbons (Fsp3) is 0.930. The molecule has 6 aliphatic carbocycles. The summed E-state index contributed by atoms with van der Waals surface area (Å²) in [5, 5.41) is 36.5. The maximum absolute atomic E-state index is 12.6. The lowest BCUT2D eigenvalue weighted by atomic mass is 9.45. The first-order valence-corrected chi connectivity index (χ1v) is 22.1. The highest BCUT2D eigenvalue weighted by Crippen LogP contribution is 2.68. The summed E-state index contributed by atoms with van der Waals surface area (Å²) in [6, 6.07) is 0.